The van der Waals surface area contributed by atoms with Gasteiger partial charge in [0.15, 0.2) is 6.61 Å². The van der Waals surface area contributed by atoms with Gasteiger partial charge in [-0.2, -0.15) is 0 Å². The molecule has 1 heterocycles. The Labute approximate surface area is 164 Å². The number of ether oxygens (including phenoxy) is 3. The summed E-state index contributed by atoms with van der Waals surface area (Å²) in [5.41, 5.74) is 0.909. The van der Waals surface area contributed by atoms with Crippen LogP contribution in [-0.2, 0) is 4.79 Å². The number of amides is 1. The average molecular weight is 391 g/mol. The van der Waals surface area contributed by atoms with Crippen LogP contribution in [0.15, 0.2) is 42.5 Å². The van der Waals surface area contributed by atoms with Gasteiger partial charge >= 0.3 is 0 Å². The van der Waals surface area contributed by atoms with Gasteiger partial charge in [0.25, 0.3) is 5.91 Å². The van der Waals surface area contributed by atoms with Gasteiger partial charge in [-0.25, -0.2) is 0 Å². The van der Waals surface area contributed by atoms with Gasteiger partial charge in [-0.15, -0.1) is 0 Å². The average Bonchev–Trinajstić information content (AvgIpc) is 2.72. The van der Waals surface area contributed by atoms with Crippen LogP contribution in [0.4, 0.5) is 5.69 Å². The van der Waals surface area contributed by atoms with E-state index in [2.05, 4.69) is 4.90 Å². The highest BCUT2D eigenvalue weighted by Crippen LogP contribution is 2.38. The smallest absolute Gasteiger partial charge is 0.260 e. The van der Waals surface area contributed by atoms with Gasteiger partial charge in [0.2, 0.25) is 0 Å². The number of halogens is 1. The second-order valence-corrected chi connectivity index (χ2v) is 6.54. The van der Waals surface area contributed by atoms with Crippen molar-refractivity contribution in [1.29, 1.82) is 0 Å². The van der Waals surface area contributed by atoms with E-state index in [1.165, 1.54) is 0 Å². The first-order valence-electron chi connectivity index (χ1n) is 8.74. The first kappa shape index (κ1) is 19.2. The summed E-state index contributed by atoms with van der Waals surface area (Å²) < 4.78 is 16.3. The Morgan fingerprint density at radius 2 is 1.67 bits per heavy atom. The number of piperazine rings is 1. The predicted molar refractivity (Wildman–Crippen MR) is 105 cm³/mol. The summed E-state index contributed by atoms with van der Waals surface area (Å²) in [5.74, 6) is 1.97. The van der Waals surface area contributed by atoms with Crippen molar-refractivity contribution in [3.63, 3.8) is 0 Å². The highest BCUT2D eigenvalue weighted by molar-refractivity contribution is 6.32. The van der Waals surface area contributed by atoms with Crippen molar-refractivity contribution in [3.05, 3.63) is 47.5 Å². The van der Waals surface area contributed by atoms with Crippen LogP contribution in [0.5, 0.6) is 17.2 Å². The number of nitrogens with zero attached hydrogens (tertiary/aromatic N) is 2. The van der Waals surface area contributed by atoms with Gasteiger partial charge in [0.1, 0.15) is 17.2 Å². The second-order valence-electron chi connectivity index (χ2n) is 6.13. The minimum Gasteiger partial charge on any atom is -0.495 e. The van der Waals surface area contributed by atoms with E-state index in [1.54, 1.807) is 20.3 Å². The molecule has 3 rings (SSSR count). The van der Waals surface area contributed by atoms with Gasteiger partial charge in [0.05, 0.1) is 24.9 Å². The van der Waals surface area contributed by atoms with E-state index in [9.17, 15) is 4.79 Å². The van der Waals surface area contributed by atoms with Crippen LogP contribution < -0.4 is 19.1 Å². The zero-order valence-corrected chi connectivity index (χ0v) is 16.2. The molecule has 1 saturated heterocycles. The molecule has 0 radical (unpaired) electrons. The zero-order chi connectivity index (χ0) is 19.2. The summed E-state index contributed by atoms with van der Waals surface area (Å²) in [6, 6.07) is 13.0. The number of carbonyl (C=O) groups excluding carboxylic acids is 1. The van der Waals surface area contributed by atoms with Crippen molar-refractivity contribution in [1.82, 2.24) is 4.90 Å². The summed E-state index contributed by atoms with van der Waals surface area (Å²) >= 11 is 6.18. The number of carbonyl (C=O) groups is 1. The van der Waals surface area contributed by atoms with Gasteiger partial charge < -0.3 is 24.0 Å². The van der Waals surface area contributed by atoms with Gasteiger partial charge in [-0.05, 0) is 12.1 Å². The summed E-state index contributed by atoms with van der Waals surface area (Å²) in [5, 5.41) is 0.505. The number of methoxy groups -OCH3 is 2. The Balaban J connectivity index is 1.59. The maximum absolute atomic E-state index is 12.4. The van der Waals surface area contributed by atoms with Crippen LogP contribution >= 0.6 is 11.6 Å². The van der Waals surface area contributed by atoms with Crippen LogP contribution in [0.3, 0.4) is 0 Å². The molecule has 0 atom stereocenters. The molecule has 2 aromatic rings. The molecule has 0 aliphatic carbocycles. The molecule has 0 bridgehead atoms. The van der Waals surface area contributed by atoms with E-state index in [4.69, 9.17) is 25.8 Å². The summed E-state index contributed by atoms with van der Waals surface area (Å²) in [7, 11) is 3.20. The number of rotatable bonds is 6. The lowest BCUT2D eigenvalue weighted by Gasteiger charge is -2.36. The molecule has 1 aliphatic rings. The van der Waals surface area contributed by atoms with Crippen LogP contribution in [0.1, 0.15) is 0 Å². The molecule has 6 nitrogen and oxygen atoms in total. The van der Waals surface area contributed by atoms with Crippen LogP contribution in [0, 0.1) is 0 Å². The monoisotopic (exact) mass is 390 g/mol. The quantitative estimate of drug-likeness (QED) is 0.758. The van der Waals surface area contributed by atoms with E-state index >= 15 is 0 Å². The molecule has 27 heavy (non-hydrogen) atoms. The SMILES string of the molecule is COc1cc(N2CCN(C(=O)COc3ccccc3)CC2)c(OC)cc1Cl. The Morgan fingerprint density at radius 3 is 2.30 bits per heavy atom. The molecule has 0 saturated carbocycles. The topological polar surface area (TPSA) is 51.2 Å². The Hall–Kier alpha value is -2.60. The number of para-hydroxylation sites is 1. The largest absolute Gasteiger partial charge is 0.495 e. The Bertz CT molecular complexity index is 777. The molecule has 7 heteroatoms. The van der Waals surface area contributed by atoms with E-state index < -0.39 is 0 Å². The first-order chi connectivity index (χ1) is 13.1. The maximum Gasteiger partial charge on any atom is 0.260 e. The molecule has 0 aromatic heterocycles. The number of anilines is 1. The van der Waals surface area contributed by atoms with Crippen LogP contribution in [-0.4, -0.2) is 57.8 Å². The number of hydrogen-bond donors (Lipinski definition) is 0. The van der Waals surface area contributed by atoms with Crippen LogP contribution in [0.25, 0.3) is 0 Å². The fourth-order valence-corrected chi connectivity index (χ4v) is 3.27. The van der Waals surface area contributed by atoms with Crippen molar-refractivity contribution in [2.24, 2.45) is 0 Å². The minimum absolute atomic E-state index is 0.0147. The molecule has 1 aliphatic heterocycles. The van der Waals surface area contributed by atoms with Gasteiger partial charge in [-0.3, -0.25) is 4.79 Å². The van der Waals surface area contributed by atoms with E-state index in [0.717, 1.165) is 5.69 Å². The molecule has 1 fully saturated rings. The second kappa shape index (κ2) is 8.86. The lowest BCUT2D eigenvalue weighted by molar-refractivity contribution is -0.133. The highest BCUT2D eigenvalue weighted by Gasteiger charge is 2.24. The van der Waals surface area contributed by atoms with Crippen molar-refractivity contribution >= 4 is 23.2 Å². The third-order valence-electron chi connectivity index (χ3n) is 4.53. The third-order valence-corrected chi connectivity index (χ3v) is 4.83. The molecule has 144 valence electrons. The molecule has 0 unspecified atom stereocenters. The van der Waals surface area contributed by atoms with E-state index in [1.807, 2.05) is 41.3 Å². The molecular weight excluding hydrogens is 368 g/mol. The van der Waals surface area contributed by atoms with Crippen molar-refractivity contribution in [2.45, 2.75) is 0 Å². The molecule has 2 aromatic carbocycles. The molecule has 0 N–H and O–H groups in total. The Kier molecular flexibility index (Phi) is 6.29. The minimum atomic E-state index is -0.0147. The third kappa shape index (κ3) is 4.57. The van der Waals surface area contributed by atoms with Gasteiger partial charge in [0, 0.05) is 38.3 Å². The number of hydrogen-bond acceptors (Lipinski definition) is 5. The lowest BCUT2D eigenvalue weighted by atomic mass is 10.2. The molecule has 0 spiro atoms. The summed E-state index contributed by atoms with van der Waals surface area (Å²) in [6.07, 6.45) is 0. The normalized spacial score (nSPS) is 14.0. The Morgan fingerprint density at radius 1 is 1.00 bits per heavy atom. The van der Waals surface area contributed by atoms with Crippen molar-refractivity contribution < 1.29 is 19.0 Å². The zero-order valence-electron chi connectivity index (χ0n) is 15.5. The van der Waals surface area contributed by atoms with Crippen LogP contribution in [0.2, 0.25) is 5.02 Å². The molecule has 1 amide bonds. The fraction of sp³-hybridized carbons (Fsp3) is 0.350. The van der Waals surface area contributed by atoms with E-state index in [0.29, 0.717) is 48.5 Å². The highest BCUT2D eigenvalue weighted by atomic mass is 35.5. The van der Waals surface area contributed by atoms with E-state index in [-0.39, 0.29) is 12.5 Å². The van der Waals surface area contributed by atoms with Crippen molar-refractivity contribution in [3.8, 4) is 17.2 Å². The predicted octanol–water partition coefficient (Wildman–Crippen LogP) is 3.08. The first-order valence-corrected chi connectivity index (χ1v) is 9.12. The summed E-state index contributed by atoms with van der Waals surface area (Å²) in [4.78, 5) is 16.4. The molecular formula is C20H23ClN2O4. The van der Waals surface area contributed by atoms with Gasteiger partial charge in [-0.1, -0.05) is 29.8 Å². The van der Waals surface area contributed by atoms with Crippen molar-refractivity contribution in [2.75, 3.05) is 51.9 Å². The maximum atomic E-state index is 12.4. The lowest BCUT2D eigenvalue weighted by Crippen LogP contribution is -2.50. The number of benzene rings is 2. The fourth-order valence-electron chi connectivity index (χ4n) is 3.04. The standard InChI is InChI=1S/C20H23ClN2O4/c1-25-18-13-17(19(26-2)12-16(18)21)22-8-10-23(11-9-22)20(24)14-27-15-6-4-3-5-7-15/h3-7,12-13H,8-11,14H2,1-2H3. The summed E-state index contributed by atoms with van der Waals surface area (Å²) in [6.45, 7) is 2.66.